The summed E-state index contributed by atoms with van der Waals surface area (Å²) in [5, 5.41) is 0. The molecule has 2 aliphatic rings. The van der Waals surface area contributed by atoms with Gasteiger partial charge < -0.3 is 0 Å². The molecule has 16 heavy (non-hydrogen) atoms. The molecule has 0 amide bonds. The maximum Gasteiger partial charge on any atom is 0.0908 e. The third-order valence-corrected chi connectivity index (χ3v) is 4.03. The maximum absolute atomic E-state index is 4.40. The number of thioether (sulfide) groups is 1. The molecule has 1 unspecified atom stereocenters. The van der Waals surface area contributed by atoms with Crippen molar-refractivity contribution < 1.29 is 0 Å². The summed E-state index contributed by atoms with van der Waals surface area (Å²) in [4.78, 5) is 5.87. The first-order chi connectivity index (χ1) is 7.92. The summed E-state index contributed by atoms with van der Waals surface area (Å²) in [6, 6.07) is 11.0. The topological polar surface area (TPSA) is 12.4 Å². The zero-order valence-electron chi connectivity index (χ0n) is 8.97. The first kappa shape index (κ1) is 9.91. The molecule has 0 N–H and O–H groups in total. The maximum atomic E-state index is 4.40. The number of hydrogen-bond acceptors (Lipinski definition) is 2. The highest BCUT2D eigenvalue weighted by Crippen LogP contribution is 2.36. The van der Waals surface area contributed by atoms with Gasteiger partial charge in [-0.1, -0.05) is 30.3 Å². The summed E-state index contributed by atoms with van der Waals surface area (Å²) in [6.07, 6.45) is 7.47. The monoisotopic (exact) mass is 227 g/mol. The van der Waals surface area contributed by atoms with Crippen molar-refractivity contribution in [3.8, 4) is 0 Å². The van der Waals surface area contributed by atoms with Gasteiger partial charge in [-0.2, -0.15) is 0 Å². The fourth-order valence-electron chi connectivity index (χ4n) is 2.02. The Kier molecular flexibility index (Phi) is 2.66. The standard InChI is InChI=1S/C14H13NS/c1-2-4-11(5-3-1)10-16-13-8-12-6-7-15-14(12)9-13/h1-7,9,14H,8,10H2. The van der Waals surface area contributed by atoms with Crippen molar-refractivity contribution in [3.05, 3.63) is 58.5 Å². The third-order valence-electron chi connectivity index (χ3n) is 2.90. The van der Waals surface area contributed by atoms with Gasteiger partial charge in [0.25, 0.3) is 0 Å². The fraction of sp³-hybridized carbons (Fsp3) is 0.214. The molecule has 0 bridgehead atoms. The predicted molar refractivity (Wildman–Crippen MR) is 70.8 cm³/mol. The van der Waals surface area contributed by atoms with Gasteiger partial charge in [-0.3, -0.25) is 4.99 Å². The van der Waals surface area contributed by atoms with E-state index in [1.807, 2.05) is 18.0 Å². The molecule has 1 atom stereocenters. The smallest absolute Gasteiger partial charge is 0.0908 e. The van der Waals surface area contributed by atoms with Gasteiger partial charge in [0.2, 0.25) is 0 Å². The van der Waals surface area contributed by atoms with Crippen molar-refractivity contribution in [2.75, 3.05) is 0 Å². The van der Waals surface area contributed by atoms with Crippen molar-refractivity contribution in [2.45, 2.75) is 18.2 Å². The van der Waals surface area contributed by atoms with E-state index in [0.29, 0.717) is 6.04 Å². The highest BCUT2D eigenvalue weighted by Gasteiger charge is 2.22. The second-order valence-electron chi connectivity index (χ2n) is 4.07. The summed E-state index contributed by atoms with van der Waals surface area (Å²) < 4.78 is 0. The van der Waals surface area contributed by atoms with Crippen LogP contribution in [0.4, 0.5) is 0 Å². The Morgan fingerprint density at radius 3 is 2.94 bits per heavy atom. The van der Waals surface area contributed by atoms with Gasteiger partial charge in [0.05, 0.1) is 6.04 Å². The van der Waals surface area contributed by atoms with Crippen LogP contribution in [0.15, 0.2) is 58.0 Å². The fourth-order valence-corrected chi connectivity index (χ4v) is 3.06. The summed E-state index contributed by atoms with van der Waals surface area (Å²) >= 11 is 1.94. The van der Waals surface area contributed by atoms with Crippen LogP contribution in [0.1, 0.15) is 12.0 Å². The van der Waals surface area contributed by atoms with Crippen LogP contribution in [0.3, 0.4) is 0 Å². The summed E-state index contributed by atoms with van der Waals surface area (Å²) in [5.41, 5.74) is 2.85. The van der Waals surface area contributed by atoms with Gasteiger partial charge in [0.1, 0.15) is 0 Å². The number of hydrogen-bond donors (Lipinski definition) is 0. The third kappa shape index (κ3) is 1.98. The van der Waals surface area contributed by atoms with Gasteiger partial charge in [-0.15, -0.1) is 11.8 Å². The number of benzene rings is 1. The Morgan fingerprint density at radius 1 is 1.25 bits per heavy atom. The quantitative estimate of drug-likeness (QED) is 0.768. The lowest BCUT2D eigenvalue weighted by molar-refractivity contribution is 0.994. The largest absolute Gasteiger partial charge is 0.281 e. The van der Waals surface area contributed by atoms with E-state index in [0.717, 1.165) is 12.2 Å². The van der Waals surface area contributed by atoms with Crippen LogP contribution in [-0.4, -0.2) is 12.3 Å². The molecule has 0 spiro atoms. The molecular weight excluding hydrogens is 214 g/mol. The molecule has 1 aliphatic heterocycles. The Labute approximate surface area is 100.0 Å². The lowest BCUT2D eigenvalue weighted by atomic mass is 10.2. The van der Waals surface area contributed by atoms with Crippen molar-refractivity contribution in [2.24, 2.45) is 4.99 Å². The van der Waals surface area contributed by atoms with E-state index in [2.05, 4.69) is 47.5 Å². The molecule has 1 heterocycles. The van der Waals surface area contributed by atoms with E-state index in [1.165, 1.54) is 16.0 Å². The van der Waals surface area contributed by atoms with Crippen molar-refractivity contribution in [3.63, 3.8) is 0 Å². The molecule has 1 aliphatic carbocycles. The molecule has 0 aromatic heterocycles. The van der Waals surface area contributed by atoms with E-state index in [-0.39, 0.29) is 0 Å². The van der Waals surface area contributed by atoms with Gasteiger partial charge in [-0.05, 0) is 28.2 Å². The van der Waals surface area contributed by atoms with Gasteiger partial charge in [-0.25, -0.2) is 0 Å². The average molecular weight is 227 g/mol. The van der Waals surface area contributed by atoms with Crippen LogP contribution < -0.4 is 0 Å². The lowest BCUT2D eigenvalue weighted by Gasteiger charge is -2.01. The Balaban J connectivity index is 1.61. The molecule has 1 nitrogen and oxygen atoms in total. The molecule has 80 valence electrons. The van der Waals surface area contributed by atoms with Crippen LogP contribution in [0.25, 0.3) is 0 Å². The highest BCUT2D eigenvalue weighted by atomic mass is 32.2. The molecule has 0 saturated carbocycles. The van der Waals surface area contributed by atoms with Crippen molar-refractivity contribution in [1.29, 1.82) is 0 Å². The first-order valence-corrected chi connectivity index (χ1v) is 6.50. The van der Waals surface area contributed by atoms with Crippen LogP contribution in [-0.2, 0) is 5.75 Å². The molecule has 0 fully saturated rings. The minimum absolute atomic E-state index is 0.360. The second-order valence-corrected chi connectivity index (χ2v) is 5.17. The van der Waals surface area contributed by atoms with Crippen LogP contribution in [0, 0.1) is 0 Å². The Bertz CT molecular complexity index is 471. The Hall–Kier alpha value is -1.28. The van der Waals surface area contributed by atoms with Gasteiger partial charge in [0, 0.05) is 18.4 Å². The lowest BCUT2D eigenvalue weighted by Crippen LogP contribution is -1.92. The number of nitrogens with zero attached hydrogens (tertiary/aromatic N) is 1. The molecule has 1 aromatic carbocycles. The number of fused-ring (bicyclic) bond motifs is 1. The van der Waals surface area contributed by atoms with E-state index in [1.54, 1.807) is 0 Å². The van der Waals surface area contributed by atoms with E-state index in [9.17, 15) is 0 Å². The van der Waals surface area contributed by atoms with Gasteiger partial charge in [0.15, 0.2) is 0 Å². The van der Waals surface area contributed by atoms with Crippen molar-refractivity contribution in [1.82, 2.24) is 0 Å². The van der Waals surface area contributed by atoms with Crippen LogP contribution in [0.2, 0.25) is 0 Å². The Morgan fingerprint density at radius 2 is 2.12 bits per heavy atom. The second kappa shape index (κ2) is 4.30. The van der Waals surface area contributed by atoms with E-state index >= 15 is 0 Å². The summed E-state index contributed by atoms with van der Waals surface area (Å²) in [6.45, 7) is 0. The van der Waals surface area contributed by atoms with Crippen LogP contribution in [0.5, 0.6) is 0 Å². The predicted octanol–water partition coefficient (Wildman–Crippen LogP) is 3.59. The first-order valence-electron chi connectivity index (χ1n) is 5.51. The number of rotatable bonds is 3. The zero-order valence-corrected chi connectivity index (χ0v) is 9.78. The normalized spacial score (nSPS) is 21.9. The molecule has 3 rings (SSSR count). The molecule has 0 saturated heterocycles. The minimum atomic E-state index is 0.360. The molecule has 1 aromatic rings. The summed E-state index contributed by atoms with van der Waals surface area (Å²) in [7, 11) is 0. The number of allylic oxidation sites excluding steroid dienone is 2. The van der Waals surface area contributed by atoms with Gasteiger partial charge >= 0.3 is 0 Å². The molecular formula is C14H13NS. The van der Waals surface area contributed by atoms with E-state index in [4.69, 9.17) is 0 Å². The zero-order chi connectivity index (χ0) is 10.8. The van der Waals surface area contributed by atoms with E-state index < -0.39 is 0 Å². The number of aliphatic imine (C=N–C) groups is 1. The highest BCUT2D eigenvalue weighted by molar-refractivity contribution is 8.02. The van der Waals surface area contributed by atoms with Crippen molar-refractivity contribution >= 4 is 18.0 Å². The SMILES string of the molecule is C1=NC2C=C(SCc3ccccc3)CC2=C1. The molecule has 0 radical (unpaired) electrons. The van der Waals surface area contributed by atoms with Crippen LogP contribution >= 0.6 is 11.8 Å². The molecule has 2 heteroatoms. The summed E-state index contributed by atoms with van der Waals surface area (Å²) in [5.74, 6) is 1.07. The minimum Gasteiger partial charge on any atom is -0.281 e. The average Bonchev–Trinajstić information content (AvgIpc) is 2.88.